The molecule has 5 rings (SSSR count). The number of carbonyl (C=O) groups excluding carboxylic acids is 1. The fourth-order valence-electron chi connectivity index (χ4n) is 4.69. The molecule has 3 aliphatic heterocycles. The smallest absolute Gasteiger partial charge is 0.260 e. The van der Waals surface area contributed by atoms with Crippen molar-refractivity contribution in [3.8, 4) is 5.75 Å². The normalized spacial score (nSPS) is 33.1. The van der Waals surface area contributed by atoms with Crippen molar-refractivity contribution in [2.75, 3.05) is 26.0 Å². The van der Waals surface area contributed by atoms with Gasteiger partial charge < -0.3 is 14.4 Å². The molecule has 2 atom stereocenters. The summed E-state index contributed by atoms with van der Waals surface area (Å²) < 4.78 is 52.9. The summed E-state index contributed by atoms with van der Waals surface area (Å²) in [7, 11) is -3.47. The van der Waals surface area contributed by atoms with E-state index in [1.54, 1.807) is 4.90 Å². The van der Waals surface area contributed by atoms with Crippen LogP contribution in [0.4, 0.5) is 4.39 Å². The molecule has 1 aliphatic carbocycles. The highest BCUT2D eigenvalue weighted by Crippen LogP contribution is 2.43. The van der Waals surface area contributed by atoms with Crippen LogP contribution in [0.1, 0.15) is 43.6 Å². The van der Waals surface area contributed by atoms with Crippen LogP contribution in [0.2, 0.25) is 0 Å². The molecule has 1 aromatic rings. The summed E-state index contributed by atoms with van der Waals surface area (Å²) in [4.78, 5) is 14.4. The van der Waals surface area contributed by atoms with Crippen LogP contribution in [-0.2, 0) is 19.6 Å². The number of ether oxygens (including phenoxy) is 2. The molecular formula is C20H27FN2O5S. The van der Waals surface area contributed by atoms with Gasteiger partial charge in [0.15, 0.2) is 6.61 Å². The van der Waals surface area contributed by atoms with Crippen molar-refractivity contribution in [2.24, 2.45) is 0 Å². The second kappa shape index (κ2) is 7.85. The second-order valence-corrected chi connectivity index (χ2v) is 10.0. The van der Waals surface area contributed by atoms with Gasteiger partial charge in [0, 0.05) is 25.4 Å². The van der Waals surface area contributed by atoms with Crippen LogP contribution >= 0.6 is 0 Å². The Bertz CT molecular complexity index is 869. The van der Waals surface area contributed by atoms with Crippen LogP contribution < -0.4 is 9.46 Å². The first-order valence-electron chi connectivity index (χ1n) is 10.1. The molecule has 1 unspecified atom stereocenters. The standard InChI is InChI=1S/C20H27FN2O5S/c1-29(25,26)22-16-8-11-23-17(16)12-28-20(21)9-6-14(7-10-20)15-4-2-3-5-18(15)27-13-19(23)24/h2-5,14,16-17,22H,6-13H2,1H3/t14?,16-,17?,20?/m0/s1. The Morgan fingerprint density at radius 2 is 1.93 bits per heavy atom. The van der Waals surface area contributed by atoms with E-state index in [0.717, 1.165) is 11.8 Å². The van der Waals surface area contributed by atoms with Gasteiger partial charge in [-0.25, -0.2) is 17.5 Å². The lowest BCUT2D eigenvalue weighted by molar-refractivity contribution is -0.178. The van der Waals surface area contributed by atoms with E-state index in [0.29, 0.717) is 31.6 Å². The van der Waals surface area contributed by atoms with Gasteiger partial charge in [-0.2, -0.15) is 0 Å². The molecule has 7 nitrogen and oxygen atoms in total. The minimum Gasteiger partial charge on any atom is -0.483 e. The number of alkyl halides is 1. The topological polar surface area (TPSA) is 84.9 Å². The van der Waals surface area contributed by atoms with Gasteiger partial charge in [0.05, 0.1) is 18.9 Å². The van der Waals surface area contributed by atoms with Crippen molar-refractivity contribution in [1.29, 1.82) is 0 Å². The molecule has 2 fully saturated rings. The summed E-state index contributed by atoms with van der Waals surface area (Å²) in [5, 5.41) is 0. The number of nitrogens with zero attached hydrogens (tertiary/aromatic N) is 1. The Balaban J connectivity index is 1.63. The molecule has 1 amide bonds. The lowest BCUT2D eigenvalue weighted by Gasteiger charge is -2.36. The lowest BCUT2D eigenvalue weighted by atomic mass is 9.81. The average Bonchev–Trinajstić information content (AvgIpc) is 3.06. The SMILES string of the molecule is CS(=O)(=O)N[C@H]1CCN2C(=O)COc3ccccc3C3CCC(F)(CC3)OCC12. The van der Waals surface area contributed by atoms with E-state index in [-0.39, 0.29) is 37.9 Å². The molecule has 0 radical (unpaired) electrons. The maximum atomic E-state index is 15.3. The third-order valence-electron chi connectivity index (χ3n) is 6.19. The number of halogens is 1. The number of carbonyl (C=O) groups is 1. The molecule has 9 heteroatoms. The van der Waals surface area contributed by atoms with Gasteiger partial charge in [0.1, 0.15) is 5.75 Å². The number of hydrogen-bond donors (Lipinski definition) is 1. The molecule has 1 saturated carbocycles. The molecule has 4 aliphatic rings. The Morgan fingerprint density at radius 1 is 1.21 bits per heavy atom. The van der Waals surface area contributed by atoms with Crippen molar-refractivity contribution in [2.45, 2.75) is 56.0 Å². The van der Waals surface area contributed by atoms with Gasteiger partial charge in [-0.1, -0.05) is 18.2 Å². The summed E-state index contributed by atoms with van der Waals surface area (Å²) in [6.45, 7) is 0.173. The summed E-state index contributed by atoms with van der Waals surface area (Å²) in [6.07, 6.45) is 3.31. The van der Waals surface area contributed by atoms with E-state index in [1.165, 1.54) is 0 Å². The number of benzene rings is 1. The first kappa shape index (κ1) is 20.6. The Labute approximate surface area is 170 Å². The highest BCUT2D eigenvalue weighted by Gasteiger charge is 2.43. The molecule has 160 valence electrons. The molecule has 3 heterocycles. The van der Waals surface area contributed by atoms with Gasteiger partial charge in [-0.3, -0.25) is 4.79 Å². The number of para-hydroxylation sites is 1. The van der Waals surface area contributed by atoms with Crippen LogP contribution in [0.25, 0.3) is 0 Å². The predicted octanol–water partition coefficient (Wildman–Crippen LogP) is 1.94. The minimum atomic E-state index is -3.47. The first-order chi connectivity index (χ1) is 13.7. The highest BCUT2D eigenvalue weighted by atomic mass is 32.2. The van der Waals surface area contributed by atoms with E-state index in [1.807, 2.05) is 24.3 Å². The Hall–Kier alpha value is -1.71. The number of sulfonamides is 1. The van der Waals surface area contributed by atoms with Crippen molar-refractivity contribution < 1.29 is 27.1 Å². The number of hydrogen-bond acceptors (Lipinski definition) is 5. The van der Waals surface area contributed by atoms with Crippen molar-refractivity contribution in [3.05, 3.63) is 29.8 Å². The van der Waals surface area contributed by atoms with Gasteiger partial charge in [-0.05, 0) is 36.8 Å². The third kappa shape index (κ3) is 4.57. The number of rotatable bonds is 2. The van der Waals surface area contributed by atoms with Crippen LogP contribution in [-0.4, -0.2) is 63.2 Å². The molecule has 1 aromatic carbocycles. The summed E-state index contributed by atoms with van der Waals surface area (Å²) >= 11 is 0. The van der Waals surface area contributed by atoms with E-state index in [4.69, 9.17) is 9.47 Å². The van der Waals surface area contributed by atoms with Crippen molar-refractivity contribution in [1.82, 2.24) is 9.62 Å². The molecule has 29 heavy (non-hydrogen) atoms. The largest absolute Gasteiger partial charge is 0.483 e. The van der Waals surface area contributed by atoms with E-state index in [9.17, 15) is 13.2 Å². The van der Waals surface area contributed by atoms with E-state index >= 15 is 4.39 Å². The minimum absolute atomic E-state index is 0.0486. The fraction of sp³-hybridized carbons (Fsp3) is 0.650. The Kier molecular flexibility index (Phi) is 5.56. The lowest BCUT2D eigenvalue weighted by Crippen LogP contribution is -2.51. The average molecular weight is 427 g/mol. The molecule has 2 bridgehead atoms. The second-order valence-electron chi connectivity index (χ2n) is 8.23. The quantitative estimate of drug-likeness (QED) is 0.781. The summed E-state index contributed by atoms with van der Waals surface area (Å²) in [6, 6.07) is 6.52. The van der Waals surface area contributed by atoms with Crippen LogP contribution in [0.3, 0.4) is 0 Å². The van der Waals surface area contributed by atoms with E-state index < -0.39 is 28.0 Å². The molecule has 0 aromatic heterocycles. The molecule has 0 spiro atoms. The zero-order chi connectivity index (χ0) is 20.6. The summed E-state index contributed by atoms with van der Waals surface area (Å²) in [5.41, 5.74) is 0.996. The maximum Gasteiger partial charge on any atom is 0.260 e. The number of amides is 1. The zero-order valence-corrected chi connectivity index (χ0v) is 17.3. The van der Waals surface area contributed by atoms with Gasteiger partial charge >= 0.3 is 0 Å². The maximum absolute atomic E-state index is 15.3. The number of fused-ring (bicyclic) bond motifs is 5. The van der Waals surface area contributed by atoms with Crippen LogP contribution in [0.5, 0.6) is 5.75 Å². The fourth-order valence-corrected chi connectivity index (χ4v) is 5.52. The summed E-state index contributed by atoms with van der Waals surface area (Å²) in [5.74, 6) is -1.20. The predicted molar refractivity (Wildman–Crippen MR) is 105 cm³/mol. The number of nitrogens with one attached hydrogen (secondary N) is 1. The van der Waals surface area contributed by atoms with Crippen molar-refractivity contribution >= 4 is 15.9 Å². The van der Waals surface area contributed by atoms with Crippen LogP contribution in [0.15, 0.2) is 24.3 Å². The van der Waals surface area contributed by atoms with Crippen LogP contribution in [0, 0.1) is 0 Å². The zero-order valence-electron chi connectivity index (χ0n) is 16.5. The first-order valence-corrected chi connectivity index (χ1v) is 11.9. The van der Waals surface area contributed by atoms with E-state index in [2.05, 4.69) is 4.72 Å². The van der Waals surface area contributed by atoms with Gasteiger partial charge in [0.25, 0.3) is 5.91 Å². The van der Waals surface area contributed by atoms with Crippen molar-refractivity contribution in [3.63, 3.8) is 0 Å². The highest BCUT2D eigenvalue weighted by molar-refractivity contribution is 7.88. The van der Waals surface area contributed by atoms with Gasteiger partial charge in [0.2, 0.25) is 15.9 Å². The molecule has 1 N–H and O–H groups in total. The van der Waals surface area contributed by atoms with Gasteiger partial charge in [-0.15, -0.1) is 0 Å². The third-order valence-corrected chi connectivity index (χ3v) is 6.92. The molecular weight excluding hydrogens is 399 g/mol. The molecule has 1 saturated heterocycles. The monoisotopic (exact) mass is 426 g/mol. The Morgan fingerprint density at radius 3 is 2.66 bits per heavy atom.